The molecule has 0 radical (unpaired) electrons. The number of ether oxygens (including phenoxy) is 1. The Morgan fingerprint density at radius 3 is 2.75 bits per heavy atom. The number of carbonyl (C=O) groups excluding carboxylic acids is 3. The molecule has 28 heavy (non-hydrogen) atoms. The minimum absolute atomic E-state index is 0.0621. The number of benzene rings is 2. The molecule has 1 heterocycles. The third-order valence-corrected chi connectivity index (χ3v) is 4.73. The van der Waals surface area contributed by atoms with Crippen molar-refractivity contribution in [3.8, 4) is 11.5 Å². The van der Waals surface area contributed by atoms with Crippen LogP contribution in [0.4, 0.5) is 14.9 Å². The molecule has 1 saturated heterocycles. The third kappa shape index (κ3) is 4.15. The van der Waals surface area contributed by atoms with Gasteiger partial charge in [-0.15, -0.1) is 0 Å². The molecule has 9 heteroatoms. The lowest BCUT2D eigenvalue weighted by Gasteiger charge is -2.12. The van der Waals surface area contributed by atoms with Crippen molar-refractivity contribution in [1.82, 2.24) is 4.90 Å². The highest BCUT2D eigenvalue weighted by Gasteiger charge is 2.36. The number of phenols is 1. The Kier molecular flexibility index (Phi) is 5.65. The lowest BCUT2D eigenvalue weighted by Crippen LogP contribution is -2.36. The topological polar surface area (TPSA) is 95.9 Å². The average molecular weight is 402 g/mol. The summed E-state index contributed by atoms with van der Waals surface area (Å²) in [5.41, 5.74) is 0.517. The number of hydrogen-bond donors (Lipinski definition) is 2. The molecule has 0 atom stereocenters. The molecule has 7 nitrogen and oxygen atoms in total. The van der Waals surface area contributed by atoms with E-state index in [0.29, 0.717) is 17.3 Å². The lowest BCUT2D eigenvalue weighted by atomic mass is 10.1. The van der Waals surface area contributed by atoms with Gasteiger partial charge in [0.2, 0.25) is 5.91 Å². The number of rotatable bonds is 5. The number of nitrogens with zero attached hydrogens (tertiary/aromatic N) is 1. The van der Waals surface area contributed by atoms with Crippen LogP contribution in [0.2, 0.25) is 0 Å². The zero-order valence-corrected chi connectivity index (χ0v) is 15.5. The monoisotopic (exact) mass is 402 g/mol. The van der Waals surface area contributed by atoms with E-state index in [0.717, 1.165) is 11.0 Å². The Bertz CT molecular complexity index is 992. The Morgan fingerprint density at radius 2 is 2.04 bits per heavy atom. The number of imide groups is 1. The molecule has 2 aromatic rings. The molecule has 0 saturated carbocycles. The molecule has 1 aliphatic rings. The highest BCUT2D eigenvalue weighted by atomic mass is 32.2. The summed E-state index contributed by atoms with van der Waals surface area (Å²) in [6, 6.07) is 10.00. The van der Waals surface area contributed by atoms with Gasteiger partial charge in [-0.1, -0.05) is 18.2 Å². The fourth-order valence-electron chi connectivity index (χ4n) is 2.51. The number of carbonyl (C=O) groups is 3. The molecule has 1 aliphatic heterocycles. The number of para-hydroxylation sites is 1. The molecular formula is C19H15FN2O5S. The summed E-state index contributed by atoms with van der Waals surface area (Å²) in [7, 11) is 1.39. The van der Waals surface area contributed by atoms with Gasteiger partial charge in [-0.25, -0.2) is 4.39 Å². The van der Waals surface area contributed by atoms with Crippen LogP contribution in [0.15, 0.2) is 47.4 Å². The fraction of sp³-hybridized carbons (Fsp3) is 0.105. The molecule has 0 aromatic heterocycles. The van der Waals surface area contributed by atoms with E-state index in [1.807, 2.05) is 0 Å². The van der Waals surface area contributed by atoms with E-state index >= 15 is 0 Å². The van der Waals surface area contributed by atoms with Gasteiger partial charge in [-0.05, 0) is 42.1 Å². The smallest absolute Gasteiger partial charge is 0.294 e. The maximum absolute atomic E-state index is 13.2. The van der Waals surface area contributed by atoms with E-state index in [1.54, 1.807) is 18.2 Å². The van der Waals surface area contributed by atoms with Gasteiger partial charge in [0.25, 0.3) is 11.1 Å². The van der Waals surface area contributed by atoms with Crippen molar-refractivity contribution in [3.05, 3.63) is 58.8 Å². The van der Waals surface area contributed by atoms with Crippen LogP contribution < -0.4 is 10.1 Å². The number of anilines is 1. The summed E-state index contributed by atoms with van der Waals surface area (Å²) in [6.07, 6.45) is 1.35. The van der Waals surface area contributed by atoms with E-state index in [9.17, 15) is 23.9 Å². The molecule has 1 fully saturated rings. The molecule has 144 valence electrons. The van der Waals surface area contributed by atoms with Crippen molar-refractivity contribution in [2.24, 2.45) is 0 Å². The van der Waals surface area contributed by atoms with Crippen molar-refractivity contribution < 1.29 is 28.6 Å². The van der Waals surface area contributed by atoms with E-state index < -0.39 is 29.4 Å². The van der Waals surface area contributed by atoms with E-state index in [-0.39, 0.29) is 22.1 Å². The molecule has 2 N–H and O–H groups in total. The molecule has 0 aliphatic carbocycles. The zero-order chi connectivity index (χ0) is 20.3. The van der Waals surface area contributed by atoms with Crippen LogP contribution in [0.25, 0.3) is 6.08 Å². The summed E-state index contributed by atoms with van der Waals surface area (Å²) in [4.78, 5) is 37.6. The molecule has 3 amide bonds. The summed E-state index contributed by atoms with van der Waals surface area (Å²) in [6.45, 7) is -0.511. The Hall–Kier alpha value is -3.33. The van der Waals surface area contributed by atoms with Gasteiger partial charge in [0.05, 0.1) is 12.0 Å². The number of phenolic OH excluding ortho intramolecular Hbond substituents is 1. The van der Waals surface area contributed by atoms with Crippen LogP contribution in [0, 0.1) is 5.82 Å². The van der Waals surface area contributed by atoms with Crippen molar-refractivity contribution in [3.63, 3.8) is 0 Å². The van der Waals surface area contributed by atoms with Crippen LogP contribution in [0.1, 0.15) is 5.56 Å². The standard InChI is InChI=1S/C19H15FN2O5S/c1-27-14-7-2-4-11(17(14)24)8-15-18(25)22(19(26)28-15)10-16(23)21-13-6-3-5-12(20)9-13/h2-9,24H,10H2,1H3,(H,21,23)/b15-8-. The quantitative estimate of drug-likeness (QED) is 0.746. The summed E-state index contributed by atoms with van der Waals surface area (Å²) in [5.74, 6) is -1.77. The van der Waals surface area contributed by atoms with Gasteiger partial charge in [0.1, 0.15) is 12.4 Å². The zero-order valence-electron chi connectivity index (χ0n) is 14.6. The molecular weight excluding hydrogens is 387 g/mol. The van der Waals surface area contributed by atoms with Gasteiger partial charge < -0.3 is 15.2 Å². The van der Waals surface area contributed by atoms with Crippen LogP contribution in [0.3, 0.4) is 0 Å². The van der Waals surface area contributed by atoms with Crippen LogP contribution >= 0.6 is 11.8 Å². The lowest BCUT2D eigenvalue weighted by molar-refractivity contribution is -0.127. The first-order valence-corrected chi connectivity index (χ1v) is 8.87. The van der Waals surface area contributed by atoms with Crippen LogP contribution in [-0.2, 0) is 9.59 Å². The number of halogens is 1. The Morgan fingerprint density at radius 1 is 1.29 bits per heavy atom. The maximum Gasteiger partial charge on any atom is 0.294 e. The second-order valence-electron chi connectivity index (χ2n) is 5.72. The SMILES string of the molecule is COc1cccc(/C=C2\SC(=O)N(CC(=O)Nc3cccc(F)c3)C2=O)c1O. The van der Waals surface area contributed by atoms with E-state index in [4.69, 9.17) is 4.74 Å². The number of thioether (sulfide) groups is 1. The van der Waals surface area contributed by atoms with Crippen molar-refractivity contribution in [1.29, 1.82) is 0 Å². The van der Waals surface area contributed by atoms with E-state index in [1.165, 1.54) is 31.4 Å². The predicted molar refractivity (Wildman–Crippen MR) is 102 cm³/mol. The number of nitrogens with one attached hydrogen (secondary N) is 1. The van der Waals surface area contributed by atoms with Crippen molar-refractivity contribution >= 4 is 40.6 Å². The van der Waals surface area contributed by atoms with Gasteiger partial charge in [0, 0.05) is 11.3 Å². The average Bonchev–Trinajstić information content (AvgIpc) is 2.91. The molecule has 0 spiro atoms. The molecule has 2 aromatic carbocycles. The van der Waals surface area contributed by atoms with Gasteiger partial charge in [0.15, 0.2) is 11.5 Å². The fourth-order valence-corrected chi connectivity index (χ4v) is 3.34. The second kappa shape index (κ2) is 8.13. The number of amides is 3. The Balaban J connectivity index is 1.74. The first kappa shape index (κ1) is 19.4. The Labute approximate surface area is 163 Å². The number of aromatic hydroxyl groups is 1. The predicted octanol–water partition coefficient (Wildman–Crippen LogP) is 3.21. The largest absolute Gasteiger partial charge is 0.504 e. The van der Waals surface area contributed by atoms with Crippen molar-refractivity contribution in [2.75, 3.05) is 19.0 Å². The summed E-state index contributed by atoms with van der Waals surface area (Å²) < 4.78 is 18.2. The van der Waals surface area contributed by atoms with Gasteiger partial charge in [-0.2, -0.15) is 0 Å². The second-order valence-corrected chi connectivity index (χ2v) is 6.72. The first-order valence-electron chi connectivity index (χ1n) is 8.06. The highest BCUT2D eigenvalue weighted by molar-refractivity contribution is 8.18. The minimum atomic E-state index is -0.661. The normalized spacial score (nSPS) is 15.2. The van der Waals surface area contributed by atoms with Gasteiger partial charge in [-0.3, -0.25) is 19.3 Å². The number of methoxy groups -OCH3 is 1. The molecule has 3 rings (SSSR count). The molecule has 0 unspecified atom stereocenters. The number of hydrogen-bond acceptors (Lipinski definition) is 6. The summed E-state index contributed by atoms with van der Waals surface area (Å²) in [5, 5.41) is 11.9. The molecule has 0 bridgehead atoms. The third-order valence-electron chi connectivity index (χ3n) is 3.82. The first-order chi connectivity index (χ1) is 13.4. The van der Waals surface area contributed by atoms with Gasteiger partial charge >= 0.3 is 0 Å². The van der Waals surface area contributed by atoms with Crippen LogP contribution in [0.5, 0.6) is 11.5 Å². The van der Waals surface area contributed by atoms with Crippen LogP contribution in [-0.4, -0.2) is 40.7 Å². The highest BCUT2D eigenvalue weighted by Crippen LogP contribution is 2.36. The maximum atomic E-state index is 13.2. The van der Waals surface area contributed by atoms with Crippen molar-refractivity contribution in [2.45, 2.75) is 0 Å². The minimum Gasteiger partial charge on any atom is -0.504 e. The van der Waals surface area contributed by atoms with E-state index in [2.05, 4.69) is 5.32 Å². The summed E-state index contributed by atoms with van der Waals surface area (Å²) >= 11 is 0.656.